The van der Waals surface area contributed by atoms with Crippen LogP contribution in [-0.2, 0) is 0 Å². The Labute approximate surface area is 234 Å². The summed E-state index contributed by atoms with van der Waals surface area (Å²) in [7, 11) is 4.16. The lowest BCUT2D eigenvalue weighted by Crippen LogP contribution is -2.33. The summed E-state index contributed by atoms with van der Waals surface area (Å²) in [4.78, 5) is 14.9. The fourth-order valence-electron chi connectivity index (χ4n) is 4.37. The normalized spacial score (nSPS) is 13.0. The van der Waals surface area contributed by atoms with E-state index >= 15 is 0 Å². The number of benzene rings is 3. The molecule has 38 heavy (non-hydrogen) atoms. The van der Waals surface area contributed by atoms with Gasteiger partial charge in [-0.05, 0) is 93.6 Å². The van der Waals surface area contributed by atoms with Crippen LogP contribution in [0.25, 0.3) is 11.1 Å². The van der Waals surface area contributed by atoms with Gasteiger partial charge in [-0.2, -0.15) is 0 Å². The number of carbonyl (C=O) groups excluding carboxylic acids is 1. The van der Waals surface area contributed by atoms with Crippen molar-refractivity contribution in [2.75, 3.05) is 52.4 Å². The number of hydrogen-bond acceptors (Lipinski definition) is 5. The van der Waals surface area contributed by atoms with Crippen molar-refractivity contribution < 1.29 is 14.3 Å². The summed E-state index contributed by atoms with van der Waals surface area (Å²) in [5.74, 6) is 1.63. The van der Waals surface area contributed by atoms with Crippen LogP contribution in [0.5, 0.6) is 11.5 Å². The first-order valence-electron chi connectivity index (χ1n) is 12.7. The highest BCUT2D eigenvalue weighted by Crippen LogP contribution is 2.36. The fourth-order valence-corrected chi connectivity index (χ4v) is 4.90. The number of amides is 2. The van der Waals surface area contributed by atoms with Crippen molar-refractivity contribution >= 4 is 34.9 Å². The van der Waals surface area contributed by atoms with Crippen LogP contribution >= 0.6 is 23.2 Å². The highest BCUT2D eigenvalue weighted by molar-refractivity contribution is 6.35. The zero-order valence-electron chi connectivity index (χ0n) is 21.7. The van der Waals surface area contributed by atoms with E-state index in [-0.39, 0.29) is 18.7 Å². The Balaban J connectivity index is 1.43. The molecule has 0 saturated carbocycles. The molecular weight excluding hydrogens is 523 g/mol. The van der Waals surface area contributed by atoms with Crippen LogP contribution in [0.2, 0.25) is 10.0 Å². The standard InChI is InChI=1S/C29H34Cl2N4O3/c1-35(2)12-4-10-32-11-9-23(18-33-29(36)34-26-16-24(30)15-25(31)17-26)21-6-3-5-20(13-21)22-7-8-27-28(14-22)38-19-37-27/h3,5-8,13-17,23,32H,4,9-12,18-19H2,1-2H3,(H2,33,34,36). The molecule has 1 atom stereocenters. The van der Waals surface area contributed by atoms with E-state index in [1.54, 1.807) is 18.2 Å². The summed E-state index contributed by atoms with van der Waals surface area (Å²) in [6.45, 7) is 3.57. The van der Waals surface area contributed by atoms with Crippen LogP contribution in [0.15, 0.2) is 60.7 Å². The first-order valence-corrected chi connectivity index (χ1v) is 13.5. The van der Waals surface area contributed by atoms with Gasteiger partial charge in [0.25, 0.3) is 0 Å². The maximum Gasteiger partial charge on any atom is 0.319 e. The van der Waals surface area contributed by atoms with Gasteiger partial charge in [0.1, 0.15) is 0 Å². The average molecular weight is 558 g/mol. The molecule has 7 nitrogen and oxygen atoms in total. The van der Waals surface area contributed by atoms with Crippen LogP contribution < -0.4 is 25.4 Å². The number of hydrogen-bond donors (Lipinski definition) is 3. The molecule has 3 N–H and O–H groups in total. The SMILES string of the molecule is CN(C)CCCNCCC(CNC(=O)Nc1cc(Cl)cc(Cl)c1)c1cccc(-c2ccc3c(c2)OCO3)c1. The molecular formula is C29H34Cl2N4O3. The fraction of sp³-hybridized carbons (Fsp3) is 0.345. The van der Waals surface area contributed by atoms with Gasteiger partial charge in [-0.3, -0.25) is 0 Å². The van der Waals surface area contributed by atoms with E-state index in [2.05, 4.69) is 59.2 Å². The van der Waals surface area contributed by atoms with Crippen molar-refractivity contribution in [1.82, 2.24) is 15.5 Å². The topological polar surface area (TPSA) is 74.9 Å². The van der Waals surface area contributed by atoms with Crippen molar-refractivity contribution in [3.05, 3.63) is 76.3 Å². The minimum absolute atomic E-state index is 0.110. The maximum absolute atomic E-state index is 12.7. The van der Waals surface area contributed by atoms with Gasteiger partial charge in [0.15, 0.2) is 11.5 Å². The Morgan fingerprint density at radius 3 is 2.50 bits per heavy atom. The van der Waals surface area contributed by atoms with Gasteiger partial charge < -0.3 is 30.3 Å². The molecule has 0 bridgehead atoms. The summed E-state index contributed by atoms with van der Waals surface area (Å²) in [6, 6.07) is 19.1. The second-order valence-corrected chi connectivity index (χ2v) is 10.5. The second-order valence-electron chi connectivity index (χ2n) is 9.58. The summed E-state index contributed by atoms with van der Waals surface area (Å²) < 4.78 is 11.0. The second kappa shape index (κ2) is 13.7. The van der Waals surface area contributed by atoms with Crippen molar-refractivity contribution in [2.45, 2.75) is 18.8 Å². The molecule has 0 spiro atoms. The Morgan fingerprint density at radius 2 is 1.71 bits per heavy atom. The number of rotatable bonds is 12. The van der Waals surface area contributed by atoms with E-state index in [4.69, 9.17) is 32.7 Å². The van der Waals surface area contributed by atoms with E-state index < -0.39 is 0 Å². The smallest absolute Gasteiger partial charge is 0.319 e. The molecule has 0 aromatic heterocycles. The molecule has 202 valence electrons. The molecule has 1 unspecified atom stereocenters. The number of nitrogens with zero attached hydrogens (tertiary/aromatic N) is 1. The summed E-state index contributed by atoms with van der Waals surface area (Å²) in [6.07, 6.45) is 1.95. The molecule has 3 aromatic carbocycles. The van der Waals surface area contributed by atoms with Crippen molar-refractivity contribution in [3.63, 3.8) is 0 Å². The molecule has 2 amide bonds. The van der Waals surface area contributed by atoms with Gasteiger partial charge in [0.2, 0.25) is 6.79 Å². The highest BCUT2D eigenvalue weighted by atomic mass is 35.5. The van der Waals surface area contributed by atoms with Gasteiger partial charge in [-0.25, -0.2) is 4.79 Å². The highest BCUT2D eigenvalue weighted by Gasteiger charge is 2.17. The van der Waals surface area contributed by atoms with Gasteiger partial charge in [0.05, 0.1) is 0 Å². The van der Waals surface area contributed by atoms with Crippen molar-refractivity contribution in [2.24, 2.45) is 0 Å². The number of halogens is 2. The minimum Gasteiger partial charge on any atom is -0.454 e. The zero-order chi connectivity index (χ0) is 26.9. The summed E-state index contributed by atoms with van der Waals surface area (Å²) in [5, 5.41) is 10.3. The largest absolute Gasteiger partial charge is 0.454 e. The van der Waals surface area contributed by atoms with Gasteiger partial charge >= 0.3 is 6.03 Å². The molecule has 3 aromatic rings. The Bertz CT molecular complexity index is 1220. The van der Waals surface area contributed by atoms with E-state index in [1.807, 2.05) is 18.2 Å². The molecule has 1 aliphatic heterocycles. The number of fused-ring (bicyclic) bond motifs is 1. The van der Waals surface area contributed by atoms with Crippen LogP contribution in [0, 0.1) is 0 Å². The van der Waals surface area contributed by atoms with Crippen LogP contribution in [0.3, 0.4) is 0 Å². The Kier molecular flexibility index (Phi) is 10.1. The van der Waals surface area contributed by atoms with E-state index in [9.17, 15) is 4.79 Å². The quantitative estimate of drug-likeness (QED) is 0.231. The molecule has 0 saturated heterocycles. The third-order valence-electron chi connectivity index (χ3n) is 6.32. The molecule has 0 fully saturated rings. The molecule has 0 radical (unpaired) electrons. The molecule has 0 aliphatic carbocycles. The lowest BCUT2D eigenvalue weighted by Gasteiger charge is -2.20. The number of urea groups is 1. The number of anilines is 1. The number of carbonyl (C=O) groups is 1. The van der Waals surface area contributed by atoms with E-state index in [0.717, 1.165) is 60.7 Å². The lowest BCUT2D eigenvalue weighted by molar-refractivity contribution is 0.174. The van der Waals surface area contributed by atoms with Gasteiger partial charge in [-0.15, -0.1) is 0 Å². The van der Waals surface area contributed by atoms with Gasteiger partial charge in [-0.1, -0.05) is 53.5 Å². The average Bonchev–Trinajstić information content (AvgIpc) is 3.35. The summed E-state index contributed by atoms with van der Waals surface area (Å²) >= 11 is 12.1. The Morgan fingerprint density at radius 1 is 0.947 bits per heavy atom. The van der Waals surface area contributed by atoms with Crippen LogP contribution in [-0.4, -0.2) is 58.0 Å². The van der Waals surface area contributed by atoms with Crippen molar-refractivity contribution in [3.8, 4) is 22.6 Å². The lowest BCUT2D eigenvalue weighted by atomic mass is 9.92. The summed E-state index contributed by atoms with van der Waals surface area (Å²) in [5.41, 5.74) is 3.84. The number of nitrogens with one attached hydrogen (secondary N) is 3. The predicted molar refractivity (Wildman–Crippen MR) is 155 cm³/mol. The minimum atomic E-state index is -0.306. The molecule has 1 aliphatic rings. The predicted octanol–water partition coefficient (Wildman–Crippen LogP) is 6.23. The maximum atomic E-state index is 12.7. The van der Waals surface area contributed by atoms with E-state index in [1.165, 1.54) is 0 Å². The first-order chi connectivity index (χ1) is 18.4. The first kappa shape index (κ1) is 28.0. The molecule has 1 heterocycles. The molecule has 9 heteroatoms. The van der Waals surface area contributed by atoms with Crippen LogP contribution in [0.4, 0.5) is 10.5 Å². The van der Waals surface area contributed by atoms with Gasteiger partial charge in [0, 0.05) is 28.2 Å². The third kappa shape index (κ3) is 8.27. The Hall–Kier alpha value is -2.97. The number of ether oxygens (including phenoxy) is 2. The van der Waals surface area contributed by atoms with Crippen molar-refractivity contribution in [1.29, 1.82) is 0 Å². The van der Waals surface area contributed by atoms with E-state index in [0.29, 0.717) is 22.3 Å². The monoisotopic (exact) mass is 556 g/mol. The van der Waals surface area contributed by atoms with Crippen LogP contribution in [0.1, 0.15) is 24.3 Å². The zero-order valence-corrected chi connectivity index (χ0v) is 23.2. The molecule has 4 rings (SSSR count). The third-order valence-corrected chi connectivity index (χ3v) is 6.76.